The summed E-state index contributed by atoms with van der Waals surface area (Å²) < 4.78 is 42.5. The first-order valence-electron chi connectivity index (χ1n) is 28.2. The minimum atomic E-state index is -0.686. The zero-order chi connectivity index (χ0) is 50.9. The van der Waals surface area contributed by atoms with Gasteiger partial charge in [-0.25, -0.2) is 4.98 Å². The van der Waals surface area contributed by atoms with Crippen molar-refractivity contribution < 1.29 is 61.6 Å². The molecule has 0 atom stereocenters. The summed E-state index contributed by atoms with van der Waals surface area (Å²) in [6.45, 7) is 4.41. The number of nitrogens with zero attached hydrogens (tertiary/aromatic N) is 1. The second-order valence-electron chi connectivity index (χ2n) is 22.5. The van der Waals surface area contributed by atoms with Crippen LogP contribution in [0.1, 0.15) is 181 Å². The Kier molecular flexibility index (Phi) is 17.7. The summed E-state index contributed by atoms with van der Waals surface area (Å²) in [7, 11) is 0. The number of rotatable bonds is 16. The van der Waals surface area contributed by atoms with E-state index in [9.17, 15) is 28.8 Å². The third-order valence-electron chi connectivity index (χ3n) is 17.7. The Labute approximate surface area is 430 Å². The van der Waals surface area contributed by atoms with Crippen LogP contribution in [0.5, 0.6) is 11.5 Å². The lowest BCUT2D eigenvalue weighted by Crippen LogP contribution is -2.43. The fourth-order valence-corrected chi connectivity index (χ4v) is 12.6. The third kappa shape index (κ3) is 13.4. The molecule has 0 saturated heterocycles. The molecule has 6 aliphatic carbocycles. The number of fused-ring (bicyclic) bond motifs is 1. The van der Waals surface area contributed by atoms with Crippen molar-refractivity contribution in [1.29, 1.82) is 0 Å². The van der Waals surface area contributed by atoms with E-state index in [0.717, 1.165) is 89.3 Å². The van der Waals surface area contributed by atoms with Crippen LogP contribution < -0.4 is 9.47 Å². The van der Waals surface area contributed by atoms with Crippen LogP contribution in [-0.4, -0.2) is 71.1 Å². The highest BCUT2D eigenvalue weighted by molar-refractivity contribution is 5.82. The molecule has 14 nitrogen and oxygen atoms in total. The molecular weight excluding hydrogens is 931 g/mol. The first kappa shape index (κ1) is 52.7. The van der Waals surface area contributed by atoms with Crippen LogP contribution >= 0.6 is 0 Å². The van der Waals surface area contributed by atoms with E-state index in [0.29, 0.717) is 112 Å². The summed E-state index contributed by atoms with van der Waals surface area (Å²) in [5, 5.41) is 0. The smallest absolute Gasteiger partial charge is 0.314 e. The predicted molar refractivity (Wildman–Crippen MR) is 270 cm³/mol. The number of ether oxygens (including phenoxy) is 6. The van der Waals surface area contributed by atoms with Gasteiger partial charge in [0.15, 0.2) is 11.9 Å². The summed E-state index contributed by atoms with van der Waals surface area (Å²) in [5.74, 6) is -0.425. The lowest BCUT2D eigenvalue weighted by atomic mass is 9.78. The van der Waals surface area contributed by atoms with Gasteiger partial charge in [0.25, 0.3) is 0 Å². The van der Waals surface area contributed by atoms with Gasteiger partial charge in [-0.2, -0.15) is 0 Å². The molecule has 396 valence electrons. The molecule has 2 aromatic carbocycles. The number of hydrogen-bond donors (Lipinski definition) is 0. The molecule has 9 rings (SSSR count). The average molecular weight is 1010 g/mol. The fraction of sp³-hybridized carbons (Fsp3) is 0.678. The first-order chi connectivity index (χ1) is 35.5. The van der Waals surface area contributed by atoms with Gasteiger partial charge in [0.2, 0.25) is 5.89 Å². The minimum absolute atomic E-state index is 0.0000452. The Morgan fingerprint density at radius 2 is 0.973 bits per heavy atom. The van der Waals surface area contributed by atoms with Crippen LogP contribution in [0.3, 0.4) is 0 Å². The van der Waals surface area contributed by atoms with E-state index in [1.54, 1.807) is 24.3 Å². The lowest BCUT2D eigenvalue weighted by Gasteiger charge is -2.40. The van der Waals surface area contributed by atoms with Crippen LogP contribution in [0.2, 0.25) is 0 Å². The highest BCUT2D eigenvalue weighted by Crippen LogP contribution is 2.41. The molecule has 1 aromatic heterocycles. The van der Waals surface area contributed by atoms with Crippen LogP contribution in [0.4, 0.5) is 0 Å². The first-order valence-corrected chi connectivity index (χ1v) is 28.2. The van der Waals surface area contributed by atoms with Crippen molar-refractivity contribution in [2.75, 3.05) is 0 Å². The maximum atomic E-state index is 13.8. The zero-order valence-corrected chi connectivity index (χ0v) is 43.1. The van der Waals surface area contributed by atoms with E-state index in [-0.39, 0.29) is 83.4 Å². The molecule has 14 heteroatoms. The number of oxazole rings is 1. The number of aromatic nitrogens is 1. The van der Waals surface area contributed by atoms with Crippen molar-refractivity contribution in [1.82, 2.24) is 4.98 Å². The normalized spacial score (nSPS) is 31.9. The summed E-state index contributed by atoms with van der Waals surface area (Å²) in [6, 6.07) is 12.1. The molecule has 6 aliphatic rings. The van der Waals surface area contributed by atoms with E-state index < -0.39 is 23.5 Å². The Hall–Kier alpha value is -5.11. The van der Waals surface area contributed by atoms with Crippen molar-refractivity contribution >= 4 is 47.2 Å². The number of aldehydes is 1. The van der Waals surface area contributed by atoms with Crippen molar-refractivity contribution in [2.24, 2.45) is 41.4 Å². The van der Waals surface area contributed by atoms with Gasteiger partial charge in [-0.05, 0) is 196 Å². The van der Waals surface area contributed by atoms with Gasteiger partial charge < -0.3 is 37.6 Å². The van der Waals surface area contributed by atoms with Crippen LogP contribution in [0.25, 0.3) is 22.6 Å². The summed E-state index contributed by atoms with van der Waals surface area (Å²) >= 11 is 0. The molecule has 0 radical (unpaired) electrons. The van der Waals surface area contributed by atoms with E-state index in [4.69, 9.17) is 32.8 Å². The highest BCUT2D eigenvalue weighted by atomic mass is 16.6. The van der Waals surface area contributed by atoms with Crippen molar-refractivity contribution in [3.05, 3.63) is 42.5 Å². The van der Waals surface area contributed by atoms with Gasteiger partial charge >= 0.3 is 29.8 Å². The molecule has 0 aliphatic heterocycles. The molecule has 0 N–H and O–H groups in total. The van der Waals surface area contributed by atoms with Gasteiger partial charge in [-0.15, -0.1) is 0 Å². The van der Waals surface area contributed by atoms with E-state index in [1.807, 2.05) is 18.2 Å². The van der Waals surface area contributed by atoms with Gasteiger partial charge in [0, 0.05) is 0 Å². The average Bonchev–Trinajstić information content (AvgIpc) is 3.87. The zero-order valence-electron chi connectivity index (χ0n) is 43.1. The predicted octanol–water partition coefficient (Wildman–Crippen LogP) is 11.9. The molecule has 0 bridgehead atoms. The number of benzene rings is 2. The van der Waals surface area contributed by atoms with Crippen molar-refractivity contribution in [3.63, 3.8) is 0 Å². The molecule has 0 amide bonds. The summed E-state index contributed by atoms with van der Waals surface area (Å²) in [4.78, 5) is 83.6. The topological polar surface area (TPSA) is 184 Å². The molecule has 6 fully saturated rings. The van der Waals surface area contributed by atoms with E-state index >= 15 is 0 Å². The Morgan fingerprint density at radius 3 is 1.45 bits per heavy atom. The Bertz CT molecular complexity index is 2330. The van der Waals surface area contributed by atoms with Crippen LogP contribution in [0, 0.1) is 41.4 Å². The van der Waals surface area contributed by atoms with Gasteiger partial charge in [0.05, 0.1) is 41.3 Å². The third-order valence-corrected chi connectivity index (χ3v) is 17.7. The molecule has 73 heavy (non-hydrogen) atoms. The van der Waals surface area contributed by atoms with Gasteiger partial charge in [-0.3, -0.25) is 24.0 Å². The maximum absolute atomic E-state index is 13.8. The monoisotopic (exact) mass is 1010 g/mol. The number of hydrogen-bond acceptors (Lipinski definition) is 14. The lowest BCUT2D eigenvalue weighted by molar-refractivity contribution is -0.164. The van der Waals surface area contributed by atoms with E-state index in [2.05, 4.69) is 18.8 Å². The van der Waals surface area contributed by atoms with Crippen LogP contribution in [0.15, 0.2) is 46.9 Å². The molecular formula is C59H77NO13. The maximum Gasteiger partial charge on any atom is 0.314 e. The van der Waals surface area contributed by atoms with E-state index in [1.165, 1.54) is 0 Å². The molecule has 6 saturated carbocycles. The summed E-state index contributed by atoms with van der Waals surface area (Å²) in [5.41, 5.74) is 0.842. The quantitative estimate of drug-likeness (QED) is 0.0571. The Balaban J connectivity index is 0.722. The minimum Gasteiger partial charge on any atom is -0.462 e. The molecule has 3 aromatic rings. The number of carbonyl (C=O) groups is 6. The molecule has 1 heterocycles. The van der Waals surface area contributed by atoms with Gasteiger partial charge in [-0.1, -0.05) is 38.8 Å². The SMILES string of the molecule is CCC1CCC(C(=O)OC2CCC(C(=O)OC3CCC(C(=O)Oc4ccc(OC(=O)C5CCC(OC(=O)C6CCC(OC7(C=O)CCC(CC)CC7)CC6)CC5)cc4-c4nc5ccccc5o4)CC3)CC2)CC1. The fourth-order valence-electron chi connectivity index (χ4n) is 12.6. The van der Waals surface area contributed by atoms with Crippen molar-refractivity contribution in [3.8, 4) is 23.0 Å². The largest absolute Gasteiger partial charge is 0.462 e. The number of para-hydroxylation sites is 2. The van der Waals surface area contributed by atoms with Crippen molar-refractivity contribution in [2.45, 2.75) is 211 Å². The Morgan fingerprint density at radius 1 is 0.534 bits per heavy atom. The number of carbonyl (C=O) groups excluding carboxylic acids is 6. The van der Waals surface area contributed by atoms with Crippen LogP contribution in [-0.2, 0) is 47.7 Å². The number of esters is 5. The summed E-state index contributed by atoms with van der Waals surface area (Å²) in [6.07, 6.45) is 19.8. The molecule has 0 unspecified atom stereocenters. The van der Waals surface area contributed by atoms with Gasteiger partial charge in [0.1, 0.15) is 40.9 Å². The second kappa shape index (κ2) is 24.5. The second-order valence-corrected chi connectivity index (χ2v) is 22.5. The highest BCUT2D eigenvalue weighted by Gasteiger charge is 2.41. The standard InChI is InChI=1S/C59H77NO13/c1-3-37-9-11-39(12-10-37)54(62)67-44-21-13-40(14-22-44)55(63)68-46-25-17-43(18-26-46)58(66)72-51-30-29-48(35-49(51)53-60-50-7-5-6-8-52(50)71-53)70-57(65)41-15-23-45(24-16-41)69-56(64)42-19-27-47(28-20-42)73-59(36-61)33-31-38(4-2)32-34-59/h5-8,29-30,35-47H,3-4,9-28,31-34H2,1-2H3. The molecule has 0 spiro atoms.